The van der Waals surface area contributed by atoms with E-state index in [2.05, 4.69) is 5.32 Å². The molecule has 104 valence electrons. The molecule has 0 bridgehead atoms. The Balaban J connectivity index is 2.47. The number of benzene rings is 1. The Bertz CT molecular complexity index is 420. The summed E-state index contributed by atoms with van der Waals surface area (Å²) in [5.41, 5.74) is 0.823. The molecule has 1 amide bonds. The van der Waals surface area contributed by atoms with Crippen LogP contribution in [0.2, 0.25) is 0 Å². The van der Waals surface area contributed by atoms with Crippen molar-refractivity contribution in [1.29, 1.82) is 0 Å². The molecule has 2 atom stereocenters. The van der Waals surface area contributed by atoms with Crippen molar-refractivity contribution >= 4 is 12.1 Å². The third kappa shape index (κ3) is 4.97. The van der Waals surface area contributed by atoms with Crippen LogP contribution in [0.15, 0.2) is 30.3 Å². The van der Waals surface area contributed by atoms with Crippen LogP contribution >= 0.6 is 0 Å². The number of hydrogen-bond acceptors (Lipinski definition) is 4. The van der Waals surface area contributed by atoms with E-state index in [1.54, 1.807) is 19.1 Å². The number of alkyl carbamates (subject to hydrolysis) is 1. The average molecular weight is 267 g/mol. The lowest BCUT2D eigenvalue weighted by Crippen LogP contribution is -2.48. The molecule has 1 aromatic carbocycles. The number of rotatable bonds is 6. The number of aliphatic carboxylic acids is 1. The lowest BCUT2D eigenvalue weighted by molar-refractivity contribution is -0.142. The van der Waals surface area contributed by atoms with Gasteiger partial charge in [0.25, 0.3) is 0 Å². The van der Waals surface area contributed by atoms with E-state index >= 15 is 0 Å². The molecule has 0 fully saturated rings. The summed E-state index contributed by atoms with van der Waals surface area (Å²) in [5, 5.41) is 11.2. The summed E-state index contributed by atoms with van der Waals surface area (Å²) in [6, 6.07) is 7.96. The van der Waals surface area contributed by atoms with Gasteiger partial charge in [0.15, 0.2) is 6.04 Å². The molecule has 0 radical (unpaired) electrons. The Morgan fingerprint density at radius 2 is 1.95 bits per heavy atom. The number of carbonyl (C=O) groups is 2. The van der Waals surface area contributed by atoms with E-state index in [1.807, 2.05) is 18.2 Å². The Morgan fingerprint density at radius 1 is 1.32 bits per heavy atom. The minimum Gasteiger partial charge on any atom is -0.480 e. The standard InChI is InChI=1S/C13H17NO5/c1-9(18-2)11(12(15)16)14-13(17)19-8-10-6-4-3-5-7-10/h3-7,9,11H,8H2,1-2H3,(H,14,17)(H,15,16)/t9-,11-/m1/s1. The van der Waals surface area contributed by atoms with Crippen LogP contribution in [0.1, 0.15) is 12.5 Å². The van der Waals surface area contributed by atoms with Gasteiger partial charge in [-0.25, -0.2) is 9.59 Å². The lowest BCUT2D eigenvalue weighted by Gasteiger charge is -2.19. The number of carboxylic acid groups (broad SMARTS) is 1. The maximum absolute atomic E-state index is 11.5. The first kappa shape index (κ1) is 15.0. The molecular formula is C13H17NO5. The molecule has 0 unspecified atom stereocenters. The van der Waals surface area contributed by atoms with Crippen molar-refractivity contribution in [2.45, 2.75) is 25.7 Å². The fourth-order valence-electron chi connectivity index (χ4n) is 1.41. The van der Waals surface area contributed by atoms with Crippen LogP contribution in [0.25, 0.3) is 0 Å². The molecule has 1 rings (SSSR count). The van der Waals surface area contributed by atoms with Crippen LogP contribution in [0.4, 0.5) is 4.79 Å². The summed E-state index contributed by atoms with van der Waals surface area (Å²) in [5.74, 6) is -1.17. The third-order valence-electron chi connectivity index (χ3n) is 2.59. The van der Waals surface area contributed by atoms with Crippen molar-refractivity contribution < 1.29 is 24.2 Å². The van der Waals surface area contributed by atoms with Crippen LogP contribution in [-0.2, 0) is 20.9 Å². The number of hydrogen-bond donors (Lipinski definition) is 2. The average Bonchev–Trinajstić information content (AvgIpc) is 2.42. The van der Waals surface area contributed by atoms with Gasteiger partial charge in [-0.15, -0.1) is 0 Å². The maximum atomic E-state index is 11.5. The molecule has 0 aliphatic carbocycles. The van der Waals surface area contributed by atoms with Gasteiger partial charge in [0.05, 0.1) is 6.10 Å². The van der Waals surface area contributed by atoms with Gasteiger partial charge in [-0.05, 0) is 12.5 Å². The van der Waals surface area contributed by atoms with Crippen molar-refractivity contribution in [2.24, 2.45) is 0 Å². The van der Waals surface area contributed by atoms with Crippen molar-refractivity contribution in [3.63, 3.8) is 0 Å². The Kier molecular flexibility index (Phi) is 5.81. The van der Waals surface area contributed by atoms with Gasteiger partial charge in [-0.1, -0.05) is 30.3 Å². The normalized spacial score (nSPS) is 13.4. The summed E-state index contributed by atoms with van der Waals surface area (Å²) in [6.45, 7) is 1.64. The van der Waals surface area contributed by atoms with Gasteiger partial charge < -0.3 is 19.9 Å². The van der Waals surface area contributed by atoms with E-state index in [9.17, 15) is 9.59 Å². The second-order valence-corrected chi connectivity index (χ2v) is 3.96. The smallest absolute Gasteiger partial charge is 0.408 e. The second-order valence-electron chi connectivity index (χ2n) is 3.96. The van der Waals surface area contributed by atoms with E-state index < -0.39 is 24.2 Å². The molecule has 0 heterocycles. The van der Waals surface area contributed by atoms with Crippen molar-refractivity contribution in [3.8, 4) is 0 Å². The molecule has 6 nitrogen and oxygen atoms in total. The van der Waals surface area contributed by atoms with Gasteiger partial charge >= 0.3 is 12.1 Å². The molecule has 0 spiro atoms. The van der Waals surface area contributed by atoms with E-state index in [0.717, 1.165) is 5.56 Å². The predicted molar refractivity (Wildman–Crippen MR) is 67.7 cm³/mol. The molecule has 0 aliphatic rings. The van der Waals surface area contributed by atoms with Gasteiger partial charge in [0.1, 0.15) is 6.61 Å². The molecule has 0 aromatic heterocycles. The number of carboxylic acids is 1. The van der Waals surface area contributed by atoms with Crippen LogP contribution in [0.5, 0.6) is 0 Å². The van der Waals surface area contributed by atoms with Gasteiger partial charge in [0, 0.05) is 7.11 Å². The molecule has 2 N–H and O–H groups in total. The first-order chi connectivity index (χ1) is 9.04. The summed E-state index contributed by atoms with van der Waals surface area (Å²) < 4.78 is 9.82. The van der Waals surface area contributed by atoms with Crippen LogP contribution < -0.4 is 5.32 Å². The second kappa shape index (κ2) is 7.38. The molecule has 0 saturated carbocycles. The summed E-state index contributed by atoms with van der Waals surface area (Å²) in [7, 11) is 1.37. The van der Waals surface area contributed by atoms with Gasteiger partial charge in [-0.3, -0.25) is 0 Å². The van der Waals surface area contributed by atoms with Crippen LogP contribution in [0.3, 0.4) is 0 Å². The zero-order valence-electron chi connectivity index (χ0n) is 10.8. The highest BCUT2D eigenvalue weighted by Crippen LogP contribution is 2.02. The molecule has 6 heteroatoms. The van der Waals surface area contributed by atoms with E-state index in [4.69, 9.17) is 14.6 Å². The number of methoxy groups -OCH3 is 1. The first-order valence-electron chi connectivity index (χ1n) is 5.77. The number of nitrogens with one attached hydrogen (secondary N) is 1. The highest BCUT2D eigenvalue weighted by Gasteiger charge is 2.27. The van der Waals surface area contributed by atoms with Crippen molar-refractivity contribution in [2.75, 3.05) is 7.11 Å². The van der Waals surface area contributed by atoms with E-state index in [-0.39, 0.29) is 6.61 Å². The Morgan fingerprint density at radius 3 is 2.47 bits per heavy atom. The summed E-state index contributed by atoms with van der Waals surface area (Å²) in [6.07, 6.45) is -1.44. The zero-order chi connectivity index (χ0) is 14.3. The fraction of sp³-hybridized carbons (Fsp3) is 0.385. The van der Waals surface area contributed by atoms with E-state index in [1.165, 1.54) is 7.11 Å². The molecule has 1 aromatic rings. The molecular weight excluding hydrogens is 250 g/mol. The highest BCUT2D eigenvalue weighted by molar-refractivity contribution is 5.80. The monoisotopic (exact) mass is 267 g/mol. The maximum Gasteiger partial charge on any atom is 0.408 e. The number of carbonyl (C=O) groups excluding carboxylic acids is 1. The van der Waals surface area contributed by atoms with E-state index in [0.29, 0.717) is 0 Å². The van der Waals surface area contributed by atoms with Gasteiger partial charge in [0.2, 0.25) is 0 Å². The molecule has 0 saturated heterocycles. The number of amides is 1. The predicted octanol–water partition coefficient (Wildman–Crippen LogP) is 1.40. The Hall–Kier alpha value is -2.08. The topological polar surface area (TPSA) is 84.9 Å². The lowest BCUT2D eigenvalue weighted by atomic mass is 10.2. The fourth-order valence-corrected chi connectivity index (χ4v) is 1.41. The summed E-state index contributed by atoms with van der Waals surface area (Å²) in [4.78, 5) is 22.5. The van der Waals surface area contributed by atoms with Gasteiger partial charge in [-0.2, -0.15) is 0 Å². The minimum absolute atomic E-state index is 0.0837. The van der Waals surface area contributed by atoms with Crippen LogP contribution in [-0.4, -0.2) is 36.4 Å². The minimum atomic E-state index is -1.17. The van der Waals surface area contributed by atoms with Crippen molar-refractivity contribution in [1.82, 2.24) is 5.32 Å². The van der Waals surface area contributed by atoms with Crippen molar-refractivity contribution in [3.05, 3.63) is 35.9 Å². The zero-order valence-corrected chi connectivity index (χ0v) is 10.8. The first-order valence-corrected chi connectivity index (χ1v) is 5.77. The quantitative estimate of drug-likeness (QED) is 0.813. The summed E-state index contributed by atoms with van der Waals surface area (Å²) >= 11 is 0. The molecule has 0 aliphatic heterocycles. The number of ether oxygens (including phenoxy) is 2. The SMILES string of the molecule is CO[C@H](C)[C@@H](NC(=O)OCc1ccccc1)C(=O)O. The van der Waals surface area contributed by atoms with Crippen LogP contribution in [0, 0.1) is 0 Å². The molecule has 19 heavy (non-hydrogen) atoms. The third-order valence-corrected chi connectivity index (χ3v) is 2.59. The highest BCUT2D eigenvalue weighted by atomic mass is 16.5. The Labute approximate surface area is 111 Å². The largest absolute Gasteiger partial charge is 0.480 e.